The summed E-state index contributed by atoms with van der Waals surface area (Å²) < 4.78 is 68.6. The van der Waals surface area contributed by atoms with E-state index in [0.717, 1.165) is 108 Å². The van der Waals surface area contributed by atoms with E-state index in [1.54, 1.807) is 0 Å². The van der Waals surface area contributed by atoms with E-state index in [4.69, 9.17) is 37.0 Å². The van der Waals surface area contributed by atoms with E-state index in [9.17, 15) is 43.2 Å². The highest BCUT2D eigenvalue weighted by molar-refractivity contribution is 7.47. The lowest BCUT2D eigenvalue weighted by molar-refractivity contribution is -0.161. The summed E-state index contributed by atoms with van der Waals surface area (Å²) in [5, 5.41) is 10.6. The van der Waals surface area contributed by atoms with E-state index in [-0.39, 0.29) is 25.7 Å². The Bertz CT molecular complexity index is 1890. The van der Waals surface area contributed by atoms with Crippen LogP contribution in [0.25, 0.3) is 0 Å². The molecule has 0 rings (SSSR count). The van der Waals surface area contributed by atoms with E-state index in [1.807, 2.05) is 0 Å². The minimum absolute atomic E-state index is 0.107. The number of unbranched alkanes of at least 4 members (excludes halogenated alkanes) is 44. The molecule has 0 aromatic rings. The normalized spacial score (nSPS) is 14.0. The Kier molecular flexibility index (Phi) is 67.1. The lowest BCUT2D eigenvalue weighted by atomic mass is 10.0. The number of carbonyl (C=O) groups excluding carboxylic acids is 4. The van der Waals surface area contributed by atoms with Crippen LogP contribution in [0.1, 0.15) is 402 Å². The lowest BCUT2D eigenvalue weighted by Gasteiger charge is -2.21. The van der Waals surface area contributed by atoms with Crippen LogP contribution in [0.5, 0.6) is 0 Å². The van der Waals surface area contributed by atoms with Crippen molar-refractivity contribution in [2.45, 2.75) is 420 Å². The summed E-state index contributed by atoms with van der Waals surface area (Å²) >= 11 is 0. The van der Waals surface area contributed by atoms with Crippen LogP contribution in [0.3, 0.4) is 0 Å². The Labute approximate surface area is 594 Å². The number of hydrogen-bond donors (Lipinski definition) is 3. The molecule has 0 radical (unpaired) electrons. The van der Waals surface area contributed by atoms with Gasteiger partial charge in [-0.15, -0.1) is 0 Å². The van der Waals surface area contributed by atoms with Gasteiger partial charge in [0.2, 0.25) is 0 Å². The van der Waals surface area contributed by atoms with Crippen molar-refractivity contribution in [1.29, 1.82) is 0 Å². The van der Waals surface area contributed by atoms with Gasteiger partial charge in [-0.2, -0.15) is 0 Å². The monoisotopic (exact) mass is 1420 g/mol. The number of ether oxygens (including phenoxy) is 4. The van der Waals surface area contributed by atoms with Gasteiger partial charge < -0.3 is 33.8 Å². The van der Waals surface area contributed by atoms with Crippen LogP contribution >= 0.6 is 15.6 Å². The molecule has 576 valence electrons. The van der Waals surface area contributed by atoms with Gasteiger partial charge in [0.15, 0.2) is 12.2 Å². The predicted molar refractivity (Wildman–Crippen MR) is 395 cm³/mol. The molecule has 17 nitrogen and oxygen atoms in total. The highest BCUT2D eigenvalue weighted by Crippen LogP contribution is 2.45. The number of carbonyl (C=O) groups is 4. The average molecular weight is 1420 g/mol. The highest BCUT2D eigenvalue weighted by atomic mass is 31.2. The first-order valence-electron chi connectivity index (χ1n) is 40.3. The number of esters is 4. The second kappa shape index (κ2) is 68.5. The summed E-state index contributed by atoms with van der Waals surface area (Å²) in [6.45, 7) is 11.9. The maximum absolute atomic E-state index is 13.1. The van der Waals surface area contributed by atoms with Crippen molar-refractivity contribution >= 4 is 39.5 Å². The number of hydrogen-bond acceptors (Lipinski definition) is 15. The van der Waals surface area contributed by atoms with Gasteiger partial charge in [0, 0.05) is 25.7 Å². The molecule has 0 heterocycles. The molecule has 0 bridgehead atoms. The zero-order valence-corrected chi connectivity index (χ0v) is 65.3. The third kappa shape index (κ3) is 72.2. The number of rotatable bonds is 76. The van der Waals surface area contributed by atoms with Gasteiger partial charge >= 0.3 is 39.5 Å². The minimum atomic E-state index is -4.96. The molecule has 3 N–H and O–H groups in total. The van der Waals surface area contributed by atoms with Gasteiger partial charge in [-0.3, -0.25) is 37.3 Å². The van der Waals surface area contributed by atoms with Crippen molar-refractivity contribution in [2.75, 3.05) is 39.6 Å². The van der Waals surface area contributed by atoms with Crippen molar-refractivity contribution in [3.05, 3.63) is 0 Å². The van der Waals surface area contributed by atoms with Gasteiger partial charge in [-0.1, -0.05) is 350 Å². The van der Waals surface area contributed by atoms with Gasteiger partial charge in [-0.25, -0.2) is 9.13 Å². The Morgan fingerprint density at radius 2 is 0.474 bits per heavy atom. The third-order valence-electron chi connectivity index (χ3n) is 18.1. The molecule has 0 spiro atoms. The largest absolute Gasteiger partial charge is 0.472 e. The molecule has 0 fully saturated rings. The molecule has 0 aliphatic heterocycles. The summed E-state index contributed by atoms with van der Waals surface area (Å²) in [5.74, 6) is 0.197. The maximum atomic E-state index is 13.1. The fourth-order valence-electron chi connectivity index (χ4n) is 12.0. The quantitative estimate of drug-likeness (QED) is 0.0222. The van der Waals surface area contributed by atoms with Crippen LogP contribution in [0.4, 0.5) is 0 Å². The third-order valence-corrected chi connectivity index (χ3v) is 20.0. The molecular formula is C78H152O17P2. The van der Waals surface area contributed by atoms with Crippen molar-refractivity contribution in [3.8, 4) is 0 Å². The van der Waals surface area contributed by atoms with Gasteiger partial charge in [-0.05, 0) is 43.4 Å². The van der Waals surface area contributed by atoms with E-state index in [1.165, 1.54) is 212 Å². The van der Waals surface area contributed by atoms with Crippen molar-refractivity contribution in [2.24, 2.45) is 17.8 Å². The second-order valence-corrected chi connectivity index (χ2v) is 32.4. The first-order chi connectivity index (χ1) is 46.7. The molecule has 2 unspecified atom stereocenters. The Hall–Kier alpha value is -1.94. The zero-order chi connectivity index (χ0) is 71.6. The Morgan fingerprint density at radius 1 is 0.278 bits per heavy atom. The summed E-state index contributed by atoms with van der Waals surface area (Å²) in [6.07, 6.45) is 55.4. The average Bonchev–Trinajstić information content (AvgIpc) is 1.43. The molecule has 19 heteroatoms. The van der Waals surface area contributed by atoms with Crippen molar-refractivity contribution in [3.63, 3.8) is 0 Å². The molecule has 5 atom stereocenters. The molecule has 0 aliphatic carbocycles. The van der Waals surface area contributed by atoms with E-state index < -0.39 is 97.5 Å². The number of aliphatic hydroxyl groups excluding tert-OH is 1. The second-order valence-electron chi connectivity index (χ2n) is 29.5. The van der Waals surface area contributed by atoms with Gasteiger partial charge in [0.05, 0.1) is 26.4 Å². The van der Waals surface area contributed by atoms with Gasteiger partial charge in [0.1, 0.15) is 19.3 Å². The smallest absolute Gasteiger partial charge is 0.462 e. The highest BCUT2D eigenvalue weighted by Gasteiger charge is 2.30. The molecule has 0 amide bonds. The molecule has 0 saturated carbocycles. The Balaban J connectivity index is 5.27. The molecular weight excluding hydrogens is 1270 g/mol. The van der Waals surface area contributed by atoms with Crippen LogP contribution in [0.2, 0.25) is 0 Å². The van der Waals surface area contributed by atoms with Crippen LogP contribution in [-0.2, 0) is 65.4 Å². The fraction of sp³-hybridized carbons (Fsp3) is 0.949. The SMILES string of the molecule is CCCCCCCCCCCCCCCCC(=O)O[C@H](COC(=O)CCCCCCCCCCCC(C)C)COP(=O)(O)OC[C@H](O)COP(=O)(O)OC[C@@H](COC(=O)CCCCCCCCCCCCCC(C)C)OC(=O)CCCCCCCCCCCCCCCCC(C)C. The number of phosphoric ester groups is 2. The molecule has 97 heavy (non-hydrogen) atoms. The molecule has 0 aromatic carbocycles. The van der Waals surface area contributed by atoms with Crippen LogP contribution in [0.15, 0.2) is 0 Å². The summed E-state index contributed by atoms with van der Waals surface area (Å²) in [7, 11) is -9.92. The number of phosphoric acid groups is 2. The maximum Gasteiger partial charge on any atom is 0.472 e. The Morgan fingerprint density at radius 3 is 0.701 bits per heavy atom. The van der Waals surface area contributed by atoms with Crippen LogP contribution < -0.4 is 0 Å². The van der Waals surface area contributed by atoms with Crippen molar-refractivity contribution < 1.29 is 80.2 Å². The van der Waals surface area contributed by atoms with E-state index in [2.05, 4.69) is 48.5 Å². The fourth-order valence-corrected chi connectivity index (χ4v) is 13.5. The predicted octanol–water partition coefficient (Wildman–Crippen LogP) is 23.0. The summed E-state index contributed by atoms with van der Waals surface area (Å²) in [5.41, 5.74) is 0. The van der Waals surface area contributed by atoms with E-state index in [0.29, 0.717) is 25.7 Å². The zero-order valence-electron chi connectivity index (χ0n) is 63.5. The molecule has 0 aliphatic rings. The van der Waals surface area contributed by atoms with Crippen LogP contribution in [0, 0.1) is 17.8 Å². The first kappa shape index (κ1) is 95.1. The summed E-state index contributed by atoms with van der Waals surface area (Å²) in [6, 6.07) is 0. The topological polar surface area (TPSA) is 237 Å². The lowest BCUT2D eigenvalue weighted by Crippen LogP contribution is -2.30. The van der Waals surface area contributed by atoms with Crippen LogP contribution in [-0.4, -0.2) is 96.7 Å². The van der Waals surface area contributed by atoms with Crippen molar-refractivity contribution in [1.82, 2.24) is 0 Å². The first-order valence-corrected chi connectivity index (χ1v) is 43.3. The van der Waals surface area contributed by atoms with Gasteiger partial charge in [0.25, 0.3) is 0 Å². The molecule has 0 aromatic heterocycles. The summed E-state index contributed by atoms with van der Waals surface area (Å²) in [4.78, 5) is 72.9. The molecule has 0 saturated heterocycles. The van der Waals surface area contributed by atoms with E-state index >= 15 is 0 Å². The number of aliphatic hydroxyl groups is 1. The standard InChI is InChI=1S/C78H152O17P2/c1-8-9-10-11-12-13-14-15-19-24-32-40-47-54-61-77(82)95-74(66-89-76(81)60-53-46-39-34-27-30-37-44-51-58-71(6)7)68-93-97(86,87)91-64-72(79)63-90-96(84,85)92-67-73(65-88-75(80)59-52-45-38-31-26-21-23-29-36-43-50-57-70(4)5)94-78(83)62-55-48-41-33-25-20-17-16-18-22-28-35-42-49-56-69(2)3/h69-74,79H,8-68H2,1-7H3,(H,84,85)(H,86,87)/t72-,73-,74-/m1/s1. The minimum Gasteiger partial charge on any atom is -0.462 e.